The summed E-state index contributed by atoms with van der Waals surface area (Å²) >= 11 is 2.29. The van der Waals surface area contributed by atoms with E-state index >= 15 is 0 Å². The van der Waals surface area contributed by atoms with Crippen molar-refractivity contribution in [1.82, 2.24) is 19.1 Å². The highest BCUT2D eigenvalue weighted by atomic mass is 127. The lowest BCUT2D eigenvalue weighted by molar-refractivity contribution is 0.187. The van der Waals surface area contributed by atoms with Gasteiger partial charge in [0.15, 0.2) is 5.65 Å². The highest BCUT2D eigenvalue weighted by Crippen LogP contribution is 2.47. The van der Waals surface area contributed by atoms with Crippen molar-refractivity contribution in [1.29, 1.82) is 0 Å². The maximum atomic E-state index is 12.6. The average molecular weight is 501 g/mol. The van der Waals surface area contributed by atoms with Gasteiger partial charge in [-0.2, -0.15) is 0 Å². The van der Waals surface area contributed by atoms with Gasteiger partial charge in [0.25, 0.3) is 0 Å². The monoisotopic (exact) mass is 501 g/mol. The predicted molar refractivity (Wildman–Crippen MR) is 118 cm³/mol. The van der Waals surface area contributed by atoms with E-state index in [1.807, 2.05) is 39.4 Å². The third-order valence-electron chi connectivity index (χ3n) is 6.12. The Balaban J connectivity index is 1.50. The molecule has 2 atom stereocenters. The topological polar surface area (TPSA) is 62.5 Å². The zero-order chi connectivity index (χ0) is 19.2. The molecule has 8 heteroatoms. The van der Waals surface area contributed by atoms with Crippen molar-refractivity contribution in [3.05, 3.63) is 22.2 Å². The molecule has 2 fully saturated rings. The largest absolute Gasteiger partial charge is 0.342 e. The molecule has 2 aromatic rings. The van der Waals surface area contributed by atoms with E-state index < -0.39 is 11.0 Å². The molecule has 0 bridgehead atoms. The maximum Gasteiger partial charge on any atom is 0.211 e. The van der Waals surface area contributed by atoms with Gasteiger partial charge in [-0.15, -0.1) is 0 Å². The van der Waals surface area contributed by atoms with E-state index in [0.29, 0.717) is 6.04 Å². The van der Waals surface area contributed by atoms with E-state index in [1.165, 1.54) is 12.8 Å². The molecule has 2 aromatic heterocycles. The summed E-state index contributed by atoms with van der Waals surface area (Å²) in [6, 6.07) is 0.359. The summed E-state index contributed by atoms with van der Waals surface area (Å²) in [5, 5.41) is 0. The van der Waals surface area contributed by atoms with E-state index in [9.17, 15) is 4.21 Å². The molecule has 4 rings (SSSR count). The lowest BCUT2D eigenvalue weighted by Gasteiger charge is -2.44. The number of piperidine rings is 1. The van der Waals surface area contributed by atoms with Gasteiger partial charge in [-0.1, -0.05) is 6.42 Å². The fourth-order valence-corrected chi connectivity index (χ4v) is 6.01. The maximum absolute atomic E-state index is 12.6. The van der Waals surface area contributed by atoms with Crippen molar-refractivity contribution in [3.63, 3.8) is 0 Å². The smallest absolute Gasteiger partial charge is 0.211 e. The van der Waals surface area contributed by atoms with Crippen molar-refractivity contribution in [2.75, 3.05) is 18.0 Å². The summed E-state index contributed by atoms with van der Waals surface area (Å²) < 4.78 is 19.1. The summed E-state index contributed by atoms with van der Waals surface area (Å²) in [4.78, 5) is 11.5. The van der Waals surface area contributed by atoms with Crippen molar-refractivity contribution in [2.24, 2.45) is 5.41 Å². The van der Waals surface area contributed by atoms with Crippen molar-refractivity contribution >= 4 is 45.2 Å². The molecule has 3 heterocycles. The van der Waals surface area contributed by atoms with Crippen LogP contribution < -0.4 is 9.62 Å². The molecule has 1 aliphatic heterocycles. The highest BCUT2D eigenvalue weighted by Gasteiger charge is 2.46. The van der Waals surface area contributed by atoms with E-state index in [4.69, 9.17) is 4.98 Å². The first-order valence-corrected chi connectivity index (χ1v) is 11.9. The Kier molecular flexibility index (Phi) is 5.26. The van der Waals surface area contributed by atoms with Crippen LogP contribution in [-0.4, -0.2) is 42.5 Å². The predicted octanol–water partition coefficient (Wildman–Crippen LogP) is 3.52. The van der Waals surface area contributed by atoms with Crippen molar-refractivity contribution in [3.8, 4) is 0 Å². The van der Waals surface area contributed by atoms with Crippen LogP contribution >= 0.6 is 22.6 Å². The summed E-state index contributed by atoms with van der Waals surface area (Å²) in [6.45, 7) is 8.10. The van der Waals surface area contributed by atoms with Crippen LogP contribution in [0.15, 0.2) is 18.6 Å². The number of fused-ring (bicyclic) bond motifs is 1. The zero-order valence-electron chi connectivity index (χ0n) is 16.2. The van der Waals surface area contributed by atoms with Crippen LogP contribution in [0.1, 0.15) is 52.9 Å². The van der Waals surface area contributed by atoms with Crippen molar-refractivity contribution in [2.45, 2.75) is 63.7 Å². The third kappa shape index (κ3) is 3.64. The number of hydrogen-bond donors (Lipinski definition) is 1. The fraction of sp³-hybridized carbons (Fsp3) is 0.684. The minimum atomic E-state index is -1.00. The van der Waals surface area contributed by atoms with E-state index in [0.717, 1.165) is 47.5 Å². The Labute approximate surface area is 177 Å². The van der Waals surface area contributed by atoms with Crippen LogP contribution in [0.25, 0.3) is 5.65 Å². The summed E-state index contributed by atoms with van der Waals surface area (Å²) in [6.07, 6.45) is 11.6. The Hall–Kier alpha value is -0.740. The Morgan fingerprint density at radius 1 is 1.26 bits per heavy atom. The van der Waals surface area contributed by atoms with Crippen LogP contribution in [0.3, 0.4) is 0 Å². The Morgan fingerprint density at radius 2 is 2.00 bits per heavy atom. The SMILES string of the molecule is CC(C)(C)S(=O)N[C@@H]1CCCC12CCN(c1ncc(I)c3nccn13)CC2. The van der Waals surface area contributed by atoms with Crippen LogP contribution in [0.4, 0.5) is 5.95 Å². The number of hydrogen-bond acceptors (Lipinski definition) is 4. The molecular weight excluding hydrogens is 473 g/mol. The first-order valence-electron chi connectivity index (χ1n) is 9.71. The molecule has 0 aromatic carbocycles. The summed E-state index contributed by atoms with van der Waals surface area (Å²) in [5.41, 5.74) is 1.25. The van der Waals surface area contributed by atoms with Crippen LogP contribution in [0.5, 0.6) is 0 Å². The average Bonchev–Trinajstić information content (AvgIpc) is 3.25. The number of rotatable bonds is 3. The molecule has 148 valence electrons. The molecule has 1 aliphatic carbocycles. The number of imidazole rings is 1. The molecule has 1 spiro atoms. The second kappa shape index (κ2) is 7.26. The van der Waals surface area contributed by atoms with E-state index in [2.05, 4.69) is 41.6 Å². The van der Waals surface area contributed by atoms with Gasteiger partial charge in [-0.3, -0.25) is 4.40 Å². The summed E-state index contributed by atoms with van der Waals surface area (Å²) in [7, 11) is -1.00. The normalized spacial score (nSPS) is 24.0. The second-order valence-electron chi connectivity index (χ2n) is 8.82. The van der Waals surface area contributed by atoms with Crippen molar-refractivity contribution < 1.29 is 4.21 Å². The standard InChI is InChI=1S/C19H28IN5OS/c1-18(2,3)27(26)23-15-5-4-6-19(15)7-10-24(11-8-19)17-22-13-14(20)16-21-9-12-25(16)17/h9,12-13,15,23H,4-8,10-11H2,1-3H3/t15-,27?/m1/s1. The minimum absolute atomic E-state index is 0.220. The first kappa shape index (κ1) is 19.6. The lowest BCUT2D eigenvalue weighted by atomic mass is 9.74. The molecule has 0 radical (unpaired) electrons. The Bertz CT molecular complexity index is 853. The molecule has 1 unspecified atom stereocenters. The third-order valence-corrected chi connectivity index (χ3v) is 8.49. The number of aromatic nitrogens is 3. The van der Waals surface area contributed by atoms with E-state index in [-0.39, 0.29) is 10.2 Å². The highest BCUT2D eigenvalue weighted by molar-refractivity contribution is 14.1. The fourth-order valence-electron chi connectivity index (χ4n) is 4.49. The number of anilines is 1. The van der Waals surface area contributed by atoms with Gasteiger partial charge < -0.3 is 4.90 Å². The van der Waals surface area contributed by atoms with Gasteiger partial charge >= 0.3 is 0 Å². The van der Waals surface area contributed by atoms with Gasteiger partial charge in [0.05, 0.1) is 19.3 Å². The second-order valence-corrected chi connectivity index (χ2v) is 12.0. The Morgan fingerprint density at radius 3 is 2.70 bits per heavy atom. The van der Waals surface area contributed by atoms with Crippen LogP contribution in [0, 0.1) is 8.99 Å². The summed E-state index contributed by atoms with van der Waals surface area (Å²) in [5.74, 6) is 0.985. The first-order chi connectivity index (χ1) is 12.8. The molecule has 1 N–H and O–H groups in total. The minimum Gasteiger partial charge on any atom is -0.342 e. The lowest BCUT2D eigenvalue weighted by Crippen LogP contribution is -2.51. The molecule has 0 amide bonds. The van der Waals surface area contributed by atoms with Gasteiger partial charge in [0.1, 0.15) is 0 Å². The molecule has 27 heavy (non-hydrogen) atoms. The number of halogens is 1. The van der Waals surface area contributed by atoms with E-state index in [1.54, 1.807) is 0 Å². The molecule has 2 aliphatic rings. The van der Waals surface area contributed by atoms with Gasteiger partial charge in [-0.25, -0.2) is 18.9 Å². The number of nitrogens with zero attached hydrogens (tertiary/aromatic N) is 4. The quantitative estimate of drug-likeness (QED) is 0.654. The molecule has 1 saturated carbocycles. The number of nitrogens with one attached hydrogen (secondary N) is 1. The molecule has 6 nitrogen and oxygen atoms in total. The zero-order valence-corrected chi connectivity index (χ0v) is 19.2. The van der Waals surface area contributed by atoms with Crippen LogP contribution in [-0.2, 0) is 11.0 Å². The van der Waals surface area contributed by atoms with Gasteiger partial charge in [-0.05, 0) is 74.5 Å². The van der Waals surface area contributed by atoms with Crippen LogP contribution in [0.2, 0.25) is 0 Å². The molecule has 1 saturated heterocycles. The van der Waals surface area contributed by atoms with Gasteiger partial charge in [0.2, 0.25) is 5.95 Å². The molecular formula is C19H28IN5OS. The van der Waals surface area contributed by atoms with Gasteiger partial charge in [0, 0.05) is 37.7 Å².